The van der Waals surface area contributed by atoms with Gasteiger partial charge in [-0.2, -0.15) is 0 Å². The number of hydrogen-bond donors (Lipinski definition) is 0. The monoisotopic (exact) mass is 384 g/mol. The molecule has 4 nitrogen and oxygen atoms in total. The normalized spacial score (nSPS) is 29.8. The van der Waals surface area contributed by atoms with Gasteiger partial charge in [-0.3, -0.25) is 0 Å². The van der Waals surface area contributed by atoms with Crippen LogP contribution < -0.4 is 0 Å². The Kier molecular flexibility index (Phi) is 6.93. The molecule has 0 aromatic carbocycles. The predicted octanol–water partition coefficient (Wildman–Crippen LogP) is 3.74. The van der Waals surface area contributed by atoms with Crippen LogP contribution in [0.5, 0.6) is 0 Å². The molecule has 4 rings (SSSR count). The first-order chi connectivity index (χ1) is 12.4. The summed E-state index contributed by atoms with van der Waals surface area (Å²) in [5, 5.41) is 0. The van der Waals surface area contributed by atoms with Crippen molar-refractivity contribution in [2.24, 2.45) is 0 Å². The molecule has 144 valence electrons. The Morgan fingerprint density at radius 2 is 0.480 bits per heavy atom. The first-order valence-electron chi connectivity index (χ1n) is 11.4. The second-order valence-electron chi connectivity index (χ2n) is 8.79. The van der Waals surface area contributed by atoms with E-state index in [2.05, 4.69) is 13.5 Å². The second-order valence-corrected chi connectivity index (χ2v) is 14.6. The van der Waals surface area contributed by atoms with Crippen molar-refractivity contribution in [3.05, 3.63) is 0 Å². The zero-order valence-corrected chi connectivity index (χ0v) is 18.0. The quantitative estimate of drug-likeness (QED) is 0.685. The fourth-order valence-electron chi connectivity index (χ4n) is 5.98. The van der Waals surface area contributed by atoms with E-state index in [0.29, 0.717) is 0 Å². The first-order valence-corrected chi connectivity index (χ1v) is 14.2. The summed E-state index contributed by atoms with van der Waals surface area (Å²) >= 11 is -2.55. The maximum absolute atomic E-state index is 3.12. The Morgan fingerprint density at radius 1 is 0.280 bits per heavy atom. The topological polar surface area (TPSA) is 13.0 Å². The molecule has 0 aromatic heterocycles. The SMILES string of the molecule is C1CC[N]([Ti]([N]2CCCCC2)([N]2CCCCC2)[N]2CCCCC2)CC1. The van der Waals surface area contributed by atoms with Crippen molar-refractivity contribution in [1.82, 2.24) is 13.5 Å². The summed E-state index contributed by atoms with van der Waals surface area (Å²) in [6, 6.07) is 0. The molecule has 0 unspecified atom stereocenters. The molecule has 0 bridgehead atoms. The third kappa shape index (κ3) is 3.91. The molecule has 0 N–H and O–H groups in total. The third-order valence-electron chi connectivity index (χ3n) is 7.12. The summed E-state index contributed by atoms with van der Waals surface area (Å²) < 4.78 is 12.5. The van der Waals surface area contributed by atoms with Crippen molar-refractivity contribution in [1.29, 1.82) is 0 Å². The van der Waals surface area contributed by atoms with Crippen LogP contribution in [0, 0.1) is 0 Å². The minimum atomic E-state index is -2.55. The van der Waals surface area contributed by atoms with Gasteiger partial charge in [-0.25, -0.2) is 0 Å². The van der Waals surface area contributed by atoms with Gasteiger partial charge < -0.3 is 0 Å². The van der Waals surface area contributed by atoms with Crippen LogP contribution in [0.4, 0.5) is 0 Å². The van der Waals surface area contributed by atoms with Crippen molar-refractivity contribution < 1.29 is 17.6 Å². The molecule has 0 radical (unpaired) electrons. The average Bonchev–Trinajstić information content (AvgIpc) is 2.72. The van der Waals surface area contributed by atoms with Gasteiger partial charge in [0.1, 0.15) is 0 Å². The molecule has 4 saturated heterocycles. The average molecular weight is 384 g/mol. The molecular formula is C20H40N4Ti. The molecule has 0 aliphatic carbocycles. The first kappa shape index (κ1) is 18.9. The summed E-state index contributed by atoms with van der Waals surface area (Å²) in [6.45, 7) is 11.1. The molecular weight excluding hydrogens is 344 g/mol. The molecule has 5 heteroatoms. The Hall–Kier alpha value is 0.554. The molecule has 0 spiro atoms. The van der Waals surface area contributed by atoms with Gasteiger partial charge in [-0.05, 0) is 0 Å². The molecule has 0 amide bonds. The van der Waals surface area contributed by atoms with E-state index in [-0.39, 0.29) is 0 Å². The van der Waals surface area contributed by atoms with E-state index in [9.17, 15) is 0 Å². The Labute approximate surface area is 160 Å². The fourth-order valence-corrected chi connectivity index (χ4v) is 15.4. The Morgan fingerprint density at radius 3 is 0.680 bits per heavy atom. The van der Waals surface area contributed by atoms with Gasteiger partial charge in [0.25, 0.3) is 0 Å². The fraction of sp³-hybridized carbons (Fsp3) is 1.00. The Balaban J connectivity index is 1.70. The van der Waals surface area contributed by atoms with Crippen LogP contribution in [0.1, 0.15) is 77.0 Å². The van der Waals surface area contributed by atoms with Crippen LogP contribution in [-0.2, 0) is 17.6 Å². The number of rotatable bonds is 4. The van der Waals surface area contributed by atoms with Crippen LogP contribution in [0.15, 0.2) is 0 Å². The van der Waals surface area contributed by atoms with E-state index in [4.69, 9.17) is 0 Å². The minimum absolute atomic E-state index is 1.39. The summed E-state index contributed by atoms with van der Waals surface area (Å²) in [6.07, 6.45) is 17.4. The maximum atomic E-state index is 3.12. The van der Waals surface area contributed by atoms with E-state index < -0.39 is 17.6 Å². The molecule has 25 heavy (non-hydrogen) atoms. The number of nitrogens with zero attached hydrogens (tertiary/aromatic N) is 4. The Bertz CT molecular complexity index is 317. The number of hydrogen-bond acceptors (Lipinski definition) is 4. The van der Waals surface area contributed by atoms with Crippen molar-refractivity contribution in [2.45, 2.75) is 77.0 Å². The van der Waals surface area contributed by atoms with Crippen LogP contribution in [0.25, 0.3) is 0 Å². The standard InChI is InChI=1S/4C5H10N.Ti/c4*1-2-4-6-5-3-1;/h4*1-5H2;/q4*-1;+4. The van der Waals surface area contributed by atoms with E-state index in [0.717, 1.165) is 0 Å². The molecule has 0 saturated carbocycles. The molecule has 0 atom stereocenters. The zero-order valence-electron chi connectivity index (χ0n) is 16.4. The molecule has 4 aliphatic heterocycles. The van der Waals surface area contributed by atoms with Gasteiger partial charge in [0.15, 0.2) is 0 Å². The summed E-state index contributed by atoms with van der Waals surface area (Å²) in [5.74, 6) is 0. The van der Waals surface area contributed by atoms with Gasteiger partial charge in [0, 0.05) is 0 Å². The van der Waals surface area contributed by atoms with Gasteiger partial charge in [-0.1, -0.05) is 0 Å². The van der Waals surface area contributed by atoms with Crippen molar-refractivity contribution in [3.8, 4) is 0 Å². The van der Waals surface area contributed by atoms with Gasteiger partial charge in [0.05, 0.1) is 0 Å². The van der Waals surface area contributed by atoms with Crippen molar-refractivity contribution in [2.75, 3.05) is 52.4 Å². The molecule has 4 heterocycles. The van der Waals surface area contributed by atoms with Crippen molar-refractivity contribution >= 4 is 0 Å². The predicted molar refractivity (Wildman–Crippen MR) is 102 cm³/mol. The molecule has 4 aliphatic rings. The molecule has 0 aromatic rings. The van der Waals surface area contributed by atoms with Crippen molar-refractivity contribution in [3.63, 3.8) is 0 Å². The summed E-state index contributed by atoms with van der Waals surface area (Å²) in [7, 11) is 0. The van der Waals surface area contributed by atoms with E-state index in [1.165, 1.54) is 129 Å². The van der Waals surface area contributed by atoms with Crippen LogP contribution in [-0.4, -0.2) is 65.9 Å². The third-order valence-corrected chi connectivity index (χ3v) is 15.2. The van der Waals surface area contributed by atoms with Gasteiger partial charge in [0.2, 0.25) is 0 Å². The second kappa shape index (κ2) is 9.16. The number of piperidine rings is 4. The van der Waals surface area contributed by atoms with Crippen LogP contribution in [0.2, 0.25) is 0 Å². The van der Waals surface area contributed by atoms with Crippen LogP contribution in [0.3, 0.4) is 0 Å². The van der Waals surface area contributed by atoms with Gasteiger partial charge >= 0.3 is 161 Å². The zero-order chi connectivity index (χ0) is 17.0. The van der Waals surface area contributed by atoms with Crippen LogP contribution >= 0.6 is 0 Å². The van der Waals surface area contributed by atoms with E-state index >= 15 is 0 Å². The molecule has 4 fully saturated rings. The van der Waals surface area contributed by atoms with Gasteiger partial charge in [-0.15, -0.1) is 0 Å². The van der Waals surface area contributed by atoms with E-state index in [1.807, 2.05) is 0 Å². The summed E-state index contributed by atoms with van der Waals surface area (Å²) in [5.41, 5.74) is 0. The summed E-state index contributed by atoms with van der Waals surface area (Å²) in [4.78, 5) is 0. The van der Waals surface area contributed by atoms with E-state index in [1.54, 1.807) is 0 Å².